The number of hydrogen-bond donors (Lipinski definition) is 1. The van der Waals surface area contributed by atoms with Gasteiger partial charge in [0.25, 0.3) is 0 Å². The molecule has 0 saturated carbocycles. The normalized spacial score (nSPS) is 16.4. The van der Waals surface area contributed by atoms with E-state index in [-0.39, 0.29) is 24.0 Å². The quantitative estimate of drug-likeness (QED) is 0.383. The first-order valence-electron chi connectivity index (χ1n) is 9.48. The van der Waals surface area contributed by atoms with Crippen LogP contribution in [-0.2, 0) is 6.54 Å². The molecule has 1 aromatic rings. The number of halogens is 1. The van der Waals surface area contributed by atoms with Crippen LogP contribution in [0.15, 0.2) is 35.3 Å². The zero-order valence-corrected chi connectivity index (χ0v) is 18.4. The number of guanidine groups is 1. The van der Waals surface area contributed by atoms with Gasteiger partial charge >= 0.3 is 0 Å². The van der Waals surface area contributed by atoms with Gasteiger partial charge in [-0.05, 0) is 57.3 Å². The van der Waals surface area contributed by atoms with Crippen LogP contribution >= 0.6 is 24.0 Å². The van der Waals surface area contributed by atoms with Gasteiger partial charge in [0.2, 0.25) is 0 Å². The van der Waals surface area contributed by atoms with Gasteiger partial charge in [-0.1, -0.05) is 37.3 Å². The first-order chi connectivity index (χ1) is 11.7. The molecule has 1 N–H and O–H groups in total. The molecule has 0 amide bonds. The van der Waals surface area contributed by atoms with Crippen LogP contribution in [0.3, 0.4) is 0 Å². The second kappa shape index (κ2) is 12.5. The second-order valence-corrected chi connectivity index (χ2v) is 6.82. The highest BCUT2D eigenvalue weighted by Gasteiger charge is 2.18. The smallest absolute Gasteiger partial charge is 0.193 e. The Morgan fingerprint density at radius 2 is 1.88 bits per heavy atom. The van der Waals surface area contributed by atoms with Gasteiger partial charge in [-0.25, -0.2) is 0 Å². The SMILES string of the molecule is CCCN1CCC(CN=C(NCC)N(C)Cc2ccccc2)CC1.I. The minimum Gasteiger partial charge on any atom is -0.357 e. The van der Waals surface area contributed by atoms with E-state index in [4.69, 9.17) is 4.99 Å². The fourth-order valence-electron chi connectivity index (χ4n) is 3.33. The Hall–Kier alpha value is -0.820. The van der Waals surface area contributed by atoms with Crippen LogP contribution in [0.5, 0.6) is 0 Å². The van der Waals surface area contributed by atoms with Gasteiger partial charge in [0, 0.05) is 26.7 Å². The molecule has 25 heavy (non-hydrogen) atoms. The van der Waals surface area contributed by atoms with Crippen LogP contribution in [0, 0.1) is 5.92 Å². The van der Waals surface area contributed by atoms with Crippen molar-refractivity contribution < 1.29 is 0 Å². The van der Waals surface area contributed by atoms with E-state index in [1.807, 2.05) is 0 Å². The molecule has 1 aromatic carbocycles. The summed E-state index contributed by atoms with van der Waals surface area (Å²) in [5, 5.41) is 3.44. The van der Waals surface area contributed by atoms with E-state index in [1.165, 1.54) is 44.5 Å². The van der Waals surface area contributed by atoms with E-state index in [2.05, 4.69) is 66.3 Å². The topological polar surface area (TPSA) is 30.9 Å². The summed E-state index contributed by atoms with van der Waals surface area (Å²) in [6.45, 7) is 10.9. The molecule has 0 aromatic heterocycles. The summed E-state index contributed by atoms with van der Waals surface area (Å²) in [7, 11) is 2.12. The summed E-state index contributed by atoms with van der Waals surface area (Å²) < 4.78 is 0. The molecule has 5 heteroatoms. The second-order valence-electron chi connectivity index (χ2n) is 6.82. The van der Waals surface area contributed by atoms with Crippen molar-refractivity contribution in [3.63, 3.8) is 0 Å². The van der Waals surface area contributed by atoms with Gasteiger partial charge in [0.1, 0.15) is 0 Å². The van der Waals surface area contributed by atoms with Crippen LogP contribution in [0.1, 0.15) is 38.7 Å². The Labute approximate surface area is 171 Å². The summed E-state index contributed by atoms with van der Waals surface area (Å²) in [6, 6.07) is 10.6. The number of likely N-dealkylation sites (tertiary alicyclic amines) is 1. The number of nitrogens with one attached hydrogen (secondary N) is 1. The minimum absolute atomic E-state index is 0. The van der Waals surface area contributed by atoms with E-state index in [9.17, 15) is 0 Å². The Kier molecular flexibility index (Phi) is 11.1. The molecule has 0 aliphatic carbocycles. The number of rotatable bonds is 7. The number of piperidine rings is 1. The minimum atomic E-state index is 0. The predicted octanol–water partition coefficient (Wildman–Crippen LogP) is 3.82. The molecule has 4 nitrogen and oxygen atoms in total. The maximum absolute atomic E-state index is 4.92. The third-order valence-electron chi connectivity index (χ3n) is 4.71. The zero-order chi connectivity index (χ0) is 17.2. The van der Waals surface area contributed by atoms with Crippen molar-refractivity contribution in [2.75, 3.05) is 39.8 Å². The average Bonchev–Trinajstić information content (AvgIpc) is 2.61. The average molecular weight is 458 g/mol. The van der Waals surface area contributed by atoms with E-state index in [0.717, 1.165) is 31.5 Å². The lowest BCUT2D eigenvalue weighted by Gasteiger charge is -2.31. The van der Waals surface area contributed by atoms with Gasteiger partial charge in [-0.2, -0.15) is 0 Å². The highest BCUT2D eigenvalue weighted by molar-refractivity contribution is 14.0. The standard InChI is InChI=1S/C20H34N4.HI/c1-4-13-24-14-11-18(12-15-24)16-22-20(21-5-2)23(3)17-19-9-7-6-8-10-19;/h6-10,18H,4-5,11-17H2,1-3H3,(H,21,22);1H. The molecule has 2 rings (SSSR count). The molecule has 0 bridgehead atoms. The van der Waals surface area contributed by atoms with Crippen LogP contribution in [0.25, 0.3) is 0 Å². The molecule has 0 radical (unpaired) electrons. The highest BCUT2D eigenvalue weighted by Crippen LogP contribution is 2.17. The fourth-order valence-corrected chi connectivity index (χ4v) is 3.33. The van der Waals surface area contributed by atoms with Crippen LogP contribution in [0.2, 0.25) is 0 Å². The van der Waals surface area contributed by atoms with Crippen molar-refractivity contribution in [1.29, 1.82) is 0 Å². The van der Waals surface area contributed by atoms with Crippen LogP contribution < -0.4 is 5.32 Å². The first kappa shape index (κ1) is 22.2. The van der Waals surface area contributed by atoms with E-state index in [1.54, 1.807) is 0 Å². The molecule has 1 fully saturated rings. The fraction of sp³-hybridized carbons (Fsp3) is 0.650. The molecule has 0 spiro atoms. The molecular formula is C20H35IN4. The Morgan fingerprint density at radius 1 is 1.20 bits per heavy atom. The maximum Gasteiger partial charge on any atom is 0.193 e. The molecular weight excluding hydrogens is 423 g/mol. The van der Waals surface area contributed by atoms with Crippen LogP contribution in [0.4, 0.5) is 0 Å². The number of hydrogen-bond acceptors (Lipinski definition) is 2. The third kappa shape index (κ3) is 7.94. The lowest BCUT2D eigenvalue weighted by molar-refractivity contribution is 0.188. The van der Waals surface area contributed by atoms with Gasteiger partial charge < -0.3 is 15.1 Å². The van der Waals surface area contributed by atoms with Crippen molar-refractivity contribution in [3.8, 4) is 0 Å². The van der Waals surface area contributed by atoms with Gasteiger partial charge in [0.15, 0.2) is 5.96 Å². The summed E-state index contributed by atoms with van der Waals surface area (Å²) >= 11 is 0. The molecule has 0 atom stereocenters. The number of benzene rings is 1. The van der Waals surface area contributed by atoms with E-state index in [0.29, 0.717) is 0 Å². The summed E-state index contributed by atoms with van der Waals surface area (Å²) in [6.07, 6.45) is 3.83. The molecule has 1 aliphatic heterocycles. The Morgan fingerprint density at radius 3 is 2.48 bits per heavy atom. The Balaban J connectivity index is 0.00000312. The molecule has 1 saturated heterocycles. The molecule has 142 valence electrons. The molecule has 1 heterocycles. The van der Waals surface area contributed by atoms with E-state index < -0.39 is 0 Å². The van der Waals surface area contributed by atoms with Gasteiger partial charge in [-0.15, -0.1) is 24.0 Å². The van der Waals surface area contributed by atoms with Crippen molar-refractivity contribution in [2.45, 2.75) is 39.7 Å². The van der Waals surface area contributed by atoms with Crippen LogP contribution in [-0.4, -0.2) is 55.5 Å². The summed E-state index contributed by atoms with van der Waals surface area (Å²) in [5.74, 6) is 1.76. The van der Waals surface area contributed by atoms with E-state index >= 15 is 0 Å². The van der Waals surface area contributed by atoms with Gasteiger partial charge in [-0.3, -0.25) is 4.99 Å². The lowest BCUT2D eigenvalue weighted by Crippen LogP contribution is -2.39. The monoisotopic (exact) mass is 458 g/mol. The zero-order valence-electron chi connectivity index (χ0n) is 16.1. The number of nitrogens with zero attached hydrogens (tertiary/aromatic N) is 3. The third-order valence-corrected chi connectivity index (χ3v) is 4.71. The number of aliphatic imine (C=N–C) groups is 1. The van der Waals surface area contributed by atoms with Crippen molar-refractivity contribution in [1.82, 2.24) is 15.1 Å². The lowest BCUT2D eigenvalue weighted by atomic mass is 9.97. The first-order valence-corrected chi connectivity index (χ1v) is 9.48. The maximum atomic E-state index is 4.92. The molecule has 1 aliphatic rings. The largest absolute Gasteiger partial charge is 0.357 e. The van der Waals surface area contributed by atoms with Crippen molar-refractivity contribution in [2.24, 2.45) is 10.9 Å². The van der Waals surface area contributed by atoms with Crippen molar-refractivity contribution >= 4 is 29.9 Å². The predicted molar refractivity (Wildman–Crippen MR) is 119 cm³/mol. The Bertz CT molecular complexity index is 484. The van der Waals surface area contributed by atoms with Crippen molar-refractivity contribution in [3.05, 3.63) is 35.9 Å². The van der Waals surface area contributed by atoms with Gasteiger partial charge in [0.05, 0.1) is 0 Å². The summed E-state index contributed by atoms with van der Waals surface area (Å²) in [4.78, 5) is 9.73. The highest BCUT2D eigenvalue weighted by atomic mass is 127. The summed E-state index contributed by atoms with van der Waals surface area (Å²) in [5.41, 5.74) is 1.32. The molecule has 0 unspecified atom stereocenters.